The Morgan fingerprint density at radius 3 is 2.62 bits per heavy atom. The molecule has 1 atom stereocenters. The van der Waals surface area contributed by atoms with Crippen LogP contribution in [0.4, 0.5) is 0 Å². The van der Waals surface area contributed by atoms with Crippen molar-refractivity contribution in [2.45, 2.75) is 26.8 Å². The van der Waals surface area contributed by atoms with E-state index in [9.17, 15) is 0 Å². The van der Waals surface area contributed by atoms with E-state index in [4.69, 9.17) is 10.2 Å². The van der Waals surface area contributed by atoms with Gasteiger partial charge in [0.15, 0.2) is 5.82 Å². The van der Waals surface area contributed by atoms with Gasteiger partial charge in [0.1, 0.15) is 5.76 Å². The first-order valence-electron chi connectivity index (χ1n) is 5.23. The van der Waals surface area contributed by atoms with Crippen LogP contribution in [0, 0.1) is 13.8 Å². The number of nitrogens with zero attached hydrogens (tertiary/aromatic N) is 2. The van der Waals surface area contributed by atoms with Crippen LogP contribution in [0.25, 0.3) is 11.4 Å². The molecule has 2 N–H and O–H groups in total. The third-order valence-corrected chi connectivity index (χ3v) is 2.61. The summed E-state index contributed by atoms with van der Waals surface area (Å²) in [4.78, 5) is 8.76. The standard InChI is InChI=1S/C12H15N3O/c1-7(13)11-6-14-12(15-8(11)2)10-4-5-16-9(10)3/h4-7H,13H2,1-3H3/t7-/m0/s1. The third kappa shape index (κ3) is 1.84. The van der Waals surface area contributed by atoms with Crippen molar-refractivity contribution in [3.8, 4) is 11.4 Å². The monoisotopic (exact) mass is 217 g/mol. The topological polar surface area (TPSA) is 64.9 Å². The molecule has 0 bridgehead atoms. The lowest BCUT2D eigenvalue weighted by atomic mass is 10.1. The summed E-state index contributed by atoms with van der Waals surface area (Å²) < 4.78 is 5.23. The van der Waals surface area contributed by atoms with E-state index in [1.54, 1.807) is 12.5 Å². The van der Waals surface area contributed by atoms with Crippen LogP contribution in [-0.4, -0.2) is 9.97 Å². The van der Waals surface area contributed by atoms with Gasteiger partial charge in [-0.15, -0.1) is 0 Å². The van der Waals surface area contributed by atoms with E-state index in [0.717, 1.165) is 22.6 Å². The van der Waals surface area contributed by atoms with E-state index in [1.165, 1.54) is 0 Å². The molecule has 4 nitrogen and oxygen atoms in total. The van der Waals surface area contributed by atoms with Crippen molar-refractivity contribution in [3.63, 3.8) is 0 Å². The molecule has 0 amide bonds. The second-order valence-corrected chi connectivity index (χ2v) is 3.91. The predicted molar refractivity (Wildman–Crippen MR) is 61.8 cm³/mol. The fourth-order valence-electron chi connectivity index (χ4n) is 1.67. The fourth-order valence-corrected chi connectivity index (χ4v) is 1.67. The number of aromatic nitrogens is 2. The molecule has 2 heterocycles. The quantitative estimate of drug-likeness (QED) is 0.838. The van der Waals surface area contributed by atoms with Crippen LogP contribution < -0.4 is 5.73 Å². The van der Waals surface area contributed by atoms with Crippen molar-refractivity contribution >= 4 is 0 Å². The maximum atomic E-state index is 5.81. The molecule has 0 fully saturated rings. The molecular weight excluding hydrogens is 202 g/mol. The summed E-state index contributed by atoms with van der Waals surface area (Å²) in [6.45, 7) is 5.77. The largest absolute Gasteiger partial charge is 0.469 e. The van der Waals surface area contributed by atoms with E-state index in [0.29, 0.717) is 5.82 Å². The summed E-state index contributed by atoms with van der Waals surface area (Å²) in [6.07, 6.45) is 3.43. The molecule has 0 aliphatic rings. The Hall–Kier alpha value is -1.68. The summed E-state index contributed by atoms with van der Waals surface area (Å²) in [6, 6.07) is 1.83. The molecule has 4 heteroatoms. The highest BCUT2D eigenvalue weighted by Crippen LogP contribution is 2.22. The summed E-state index contributed by atoms with van der Waals surface area (Å²) >= 11 is 0. The molecule has 2 aromatic rings. The first-order valence-corrected chi connectivity index (χ1v) is 5.23. The van der Waals surface area contributed by atoms with Crippen molar-refractivity contribution in [2.24, 2.45) is 5.73 Å². The van der Waals surface area contributed by atoms with Gasteiger partial charge in [-0.1, -0.05) is 0 Å². The number of hydrogen-bond donors (Lipinski definition) is 1. The number of rotatable bonds is 2. The Morgan fingerprint density at radius 1 is 1.38 bits per heavy atom. The number of aryl methyl sites for hydroxylation is 2. The van der Waals surface area contributed by atoms with E-state index in [2.05, 4.69) is 9.97 Å². The third-order valence-electron chi connectivity index (χ3n) is 2.61. The predicted octanol–water partition coefficient (Wildman–Crippen LogP) is 2.37. The maximum absolute atomic E-state index is 5.81. The number of hydrogen-bond acceptors (Lipinski definition) is 4. The average molecular weight is 217 g/mol. The van der Waals surface area contributed by atoms with Gasteiger partial charge in [-0.25, -0.2) is 9.97 Å². The highest BCUT2D eigenvalue weighted by atomic mass is 16.3. The van der Waals surface area contributed by atoms with Crippen LogP contribution >= 0.6 is 0 Å². The molecule has 0 saturated heterocycles. The Bertz CT molecular complexity index is 503. The molecule has 0 aromatic carbocycles. The number of nitrogens with two attached hydrogens (primary N) is 1. The van der Waals surface area contributed by atoms with Gasteiger partial charge < -0.3 is 10.2 Å². The lowest BCUT2D eigenvalue weighted by Crippen LogP contribution is -2.09. The average Bonchev–Trinajstić information content (AvgIpc) is 2.63. The first kappa shape index (κ1) is 10.8. The SMILES string of the molecule is Cc1nc(-c2ccoc2C)ncc1[C@H](C)N. The van der Waals surface area contributed by atoms with Crippen LogP contribution in [0.15, 0.2) is 22.9 Å². The lowest BCUT2D eigenvalue weighted by Gasteiger charge is -2.09. The second kappa shape index (κ2) is 4.06. The molecule has 0 spiro atoms. The van der Waals surface area contributed by atoms with E-state index >= 15 is 0 Å². The molecule has 2 aromatic heterocycles. The molecule has 16 heavy (non-hydrogen) atoms. The minimum absolute atomic E-state index is 0.0421. The van der Waals surface area contributed by atoms with Crippen LogP contribution in [0.3, 0.4) is 0 Å². The van der Waals surface area contributed by atoms with Crippen molar-refractivity contribution < 1.29 is 4.42 Å². The van der Waals surface area contributed by atoms with Crippen molar-refractivity contribution in [3.05, 3.63) is 35.5 Å². The fraction of sp³-hybridized carbons (Fsp3) is 0.333. The van der Waals surface area contributed by atoms with Crippen molar-refractivity contribution in [1.29, 1.82) is 0 Å². The summed E-state index contributed by atoms with van der Waals surface area (Å²) in [5, 5.41) is 0. The first-order chi connectivity index (χ1) is 7.59. The van der Waals surface area contributed by atoms with E-state index in [-0.39, 0.29) is 6.04 Å². The van der Waals surface area contributed by atoms with Gasteiger partial charge in [-0.3, -0.25) is 0 Å². The van der Waals surface area contributed by atoms with Crippen molar-refractivity contribution in [1.82, 2.24) is 9.97 Å². The zero-order valence-electron chi connectivity index (χ0n) is 9.69. The van der Waals surface area contributed by atoms with Gasteiger partial charge in [-0.05, 0) is 26.8 Å². The molecule has 84 valence electrons. The molecule has 0 unspecified atom stereocenters. The Labute approximate surface area is 94.5 Å². The molecule has 0 aliphatic heterocycles. The Balaban J connectivity index is 2.46. The highest BCUT2D eigenvalue weighted by Gasteiger charge is 2.11. The van der Waals surface area contributed by atoms with Gasteiger partial charge in [0.25, 0.3) is 0 Å². The van der Waals surface area contributed by atoms with Crippen LogP contribution in [-0.2, 0) is 0 Å². The number of furan rings is 1. The minimum atomic E-state index is -0.0421. The smallest absolute Gasteiger partial charge is 0.162 e. The summed E-state index contributed by atoms with van der Waals surface area (Å²) in [5.74, 6) is 1.51. The molecule has 0 radical (unpaired) electrons. The normalized spacial score (nSPS) is 12.8. The zero-order valence-corrected chi connectivity index (χ0v) is 9.69. The lowest BCUT2D eigenvalue weighted by molar-refractivity contribution is 0.535. The second-order valence-electron chi connectivity index (χ2n) is 3.91. The van der Waals surface area contributed by atoms with Crippen molar-refractivity contribution in [2.75, 3.05) is 0 Å². The van der Waals surface area contributed by atoms with Crippen LogP contribution in [0.1, 0.15) is 30.0 Å². The van der Waals surface area contributed by atoms with Crippen LogP contribution in [0.2, 0.25) is 0 Å². The molecular formula is C12H15N3O. The highest BCUT2D eigenvalue weighted by molar-refractivity contribution is 5.57. The molecule has 2 rings (SSSR count). The molecule has 0 saturated carbocycles. The van der Waals surface area contributed by atoms with E-state index < -0.39 is 0 Å². The van der Waals surface area contributed by atoms with Gasteiger partial charge in [0.2, 0.25) is 0 Å². The minimum Gasteiger partial charge on any atom is -0.469 e. The van der Waals surface area contributed by atoms with Gasteiger partial charge in [-0.2, -0.15) is 0 Å². The van der Waals surface area contributed by atoms with Gasteiger partial charge in [0.05, 0.1) is 11.8 Å². The van der Waals surface area contributed by atoms with Gasteiger partial charge >= 0.3 is 0 Å². The zero-order chi connectivity index (χ0) is 11.7. The Morgan fingerprint density at radius 2 is 2.12 bits per heavy atom. The van der Waals surface area contributed by atoms with Gasteiger partial charge in [0, 0.05) is 23.5 Å². The maximum Gasteiger partial charge on any atom is 0.162 e. The molecule has 0 aliphatic carbocycles. The Kier molecular flexibility index (Phi) is 2.75. The summed E-state index contributed by atoms with van der Waals surface area (Å²) in [7, 11) is 0. The van der Waals surface area contributed by atoms with E-state index in [1.807, 2.05) is 26.8 Å². The summed E-state index contributed by atoms with van der Waals surface area (Å²) in [5.41, 5.74) is 8.64. The van der Waals surface area contributed by atoms with Crippen LogP contribution in [0.5, 0.6) is 0 Å².